The van der Waals surface area contributed by atoms with Crippen molar-refractivity contribution in [2.45, 2.75) is 9.97 Å². The molecule has 0 saturated heterocycles. The molecule has 1 heterocycles. The predicted octanol–water partition coefficient (Wildman–Crippen LogP) is 4.38. The maximum atomic E-state index is 12.8. The predicted molar refractivity (Wildman–Crippen MR) is 69.5 cm³/mol. The zero-order valence-corrected chi connectivity index (χ0v) is 11.8. The Hall–Kier alpha value is -1.11. The fourth-order valence-corrected chi connectivity index (χ4v) is 1.60. The van der Waals surface area contributed by atoms with Crippen molar-refractivity contribution >= 4 is 34.8 Å². The Morgan fingerprint density at radius 2 is 1.35 bits per heavy atom. The number of alkyl halides is 6. The molecular weight excluding hydrogens is 337 g/mol. The zero-order chi connectivity index (χ0) is 15.0. The van der Waals surface area contributed by atoms with Gasteiger partial charge in [-0.2, -0.15) is 13.2 Å². The highest BCUT2D eigenvalue weighted by Gasteiger charge is 2.38. The van der Waals surface area contributed by atoms with E-state index in [4.69, 9.17) is 34.8 Å². The lowest BCUT2D eigenvalue weighted by molar-refractivity contribution is -0.145. The Bertz CT molecular complexity index is 580. The molecule has 0 fully saturated rings. The van der Waals surface area contributed by atoms with E-state index in [0.29, 0.717) is 5.56 Å². The summed E-state index contributed by atoms with van der Waals surface area (Å²) in [7, 11) is 0. The van der Waals surface area contributed by atoms with Crippen molar-refractivity contribution in [1.82, 2.24) is 15.0 Å². The van der Waals surface area contributed by atoms with Crippen molar-refractivity contribution in [2.24, 2.45) is 0 Å². The first-order valence-corrected chi connectivity index (χ1v) is 6.27. The van der Waals surface area contributed by atoms with Gasteiger partial charge in [0.1, 0.15) is 0 Å². The fourth-order valence-electron chi connectivity index (χ4n) is 1.35. The van der Waals surface area contributed by atoms with Gasteiger partial charge < -0.3 is 0 Å². The third kappa shape index (κ3) is 3.50. The summed E-state index contributed by atoms with van der Waals surface area (Å²) in [5.41, 5.74) is 0.357. The lowest BCUT2D eigenvalue weighted by atomic mass is 10.2. The first-order chi connectivity index (χ1) is 9.18. The maximum absolute atomic E-state index is 12.8. The van der Waals surface area contributed by atoms with Crippen LogP contribution in [-0.4, -0.2) is 15.0 Å². The van der Waals surface area contributed by atoms with Gasteiger partial charge in [-0.25, -0.2) is 15.0 Å². The molecule has 2 rings (SSSR count). The first kappa shape index (κ1) is 15.3. The van der Waals surface area contributed by atoms with Crippen molar-refractivity contribution < 1.29 is 13.2 Å². The van der Waals surface area contributed by atoms with E-state index in [9.17, 15) is 13.2 Å². The lowest BCUT2D eigenvalue weighted by Crippen LogP contribution is -2.18. The van der Waals surface area contributed by atoms with Gasteiger partial charge in [0.15, 0.2) is 11.6 Å². The highest BCUT2D eigenvalue weighted by molar-refractivity contribution is 6.66. The minimum Gasteiger partial charge on any atom is -0.208 e. The van der Waals surface area contributed by atoms with Crippen molar-refractivity contribution in [3.8, 4) is 11.4 Å². The van der Waals surface area contributed by atoms with Gasteiger partial charge in [-0.15, -0.1) is 0 Å². The Morgan fingerprint density at radius 3 is 1.85 bits per heavy atom. The van der Waals surface area contributed by atoms with Crippen LogP contribution in [0.5, 0.6) is 0 Å². The second-order valence-corrected chi connectivity index (χ2v) is 5.95. The molecule has 0 aliphatic rings. The van der Waals surface area contributed by atoms with E-state index in [1.54, 1.807) is 18.2 Å². The SMILES string of the molecule is FC(F)(F)c1nc(-c2ccccc2)nc(C(Cl)(Cl)Cl)n1. The Morgan fingerprint density at radius 1 is 0.800 bits per heavy atom. The average molecular weight is 343 g/mol. The molecule has 0 aliphatic heterocycles. The minimum atomic E-state index is -4.77. The van der Waals surface area contributed by atoms with Gasteiger partial charge in [0, 0.05) is 5.56 Å². The van der Waals surface area contributed by atoms with Crippen LogP contribution in [0.4, 0.5) is 13.2 Å². The van der Waals surface area contributed by atoms with E-state index >= 15 is 0 Å². The first-order valence-electron chi connectivity index (χ1n) is 5.14. The average Bonchev–Trinajstić information content (AvgIpc) is 2.37. The Labute approximate surface area is 126 Å². The monoisotopic (exact) mass is 341 g/mol. The summed E-state index contributed by atoms with van der Waals surface area (Å²) in [5.74, 6) is -2.20. The van der Waals surface area contributed by atoms with Gasteiger partial charge in [-0.05, 0) is 0 Å². The minimum absolute atomic E-state index is 0.214. The number of aromatic nitrogens is 3. The van der Waals surface area contributed by atoms with Crippen molar-refractivity contribution in [1.29, 1.82) is 0 Å². The van der Waals surface area contributed by atoms with E-state index in [0.717, 1.165) is 0 Å². The van der Waals surface area contributed by atoms with Crippen LogP contribution in [0.1, 0.15) is 11.6 Å². The van der Waals surface area contributed by atoms with E-state index in [1.807, 2.05) is 0 Å². The topological polar surface area (TPSA) is 38.7 Å². The molecule has 0 N–H and O–H groups in total. The molecule has 0 amide bonds. The summed E-state index contributed by atoms with van der Waals surface area (Å²) >= 11 is 16.7. The molecule has 2 aromatic rings. The lowest BCUT2D eigenvalue weighted by Gasteiger charge is -2.13. The number of benzene rings is 1. The molecule has 20 heavy (non-hydrogen) atoms. The van der Waals surface area contributed by atoms with Gasteiger partial charge >= 0.3 is 6.18 Å². The molecule has 0 saturated carbocycles. The zero-order valence-electron chi connectivity index (χ0n) is 9.50. The number of hydrogen-bond donors (Lipinski definition) is 0. The molecule has 9 heteroatoms. The Kier molecular flexibility index (Phi) is 4.09. The van der Waals surface area contributed by atoms with Crippen molar-refractivity contribution in [2.75, 3.05) is 0 Å². The second-order valence-electron chi connectivity index (χ2n) is 3.67. The molecule has 0 aliphatic carbocycles. The summed E-state index contributed by atoms with van der Waals surface area (Å²) in [5, 5.41) is 0. The van der Waals surface area contributed by atoms with Gasteiger partial charge in [0.25, 0.3) is 0 Å². The summed E-state index contributed by atoms with van der Waals surface area (Å²) in [6.07, 6.45) is -4.77. The van der Waals surface area contributed by atoms with Gasteiger partial charge in [-0.3, -0.25) is 0 Å². The third-order valence-corrected chi connectivity index (χ3v) is 2.68. The number of nitrogens with zero attached hydrogens (tertiary/aromatic N) is 3. The van der Waals surface area contributed by atoms with Crippen LogP contribution in [0.15, 0.2) is 30.3 Å². The molecular formula is C11H5Cl3F3N3. The van der Waals surface area contributed by atoms with Crippen molar-refractivity contribution in [3.63, 3.8) is 0 Å². The van der Waals surface area contributed by atoms with Gasteiger partial charge in [0.2, 0.25) is 9.62 Å². The van der Waals surface area contributed by atoms with Crippen LogP contribution in [0.2, 0.25) is 0 Å². The summed E-state index contributed by atoms with van der Waals surface area (Å²) in [6, 6.07) is 8.03. The van der Waals surface area contributed by atoms with Gasteiger partial charge in [0.05, 0.1) is 0 Å². The molecule has 106 valence electrons. The summed E-state index contributed by atoms with van der Waals surface area (Å²) < 4.78 is 36.1. The van der Waals surface area contributed by atoms with Gasteiger partial charge in [-0.1, -0.05) is 65.1 Å². The third-order valence-electron chi connectivity index (χ3n) is 2.17. The highest BCUT2D eigenvalue weighted by Crippen LogP contribution is 2.38. The number of rotatable bonds is 1. The summed E-state index contributed by atoms with van der Waals surface area (Å²) in [4.78, 5) is 10.3. The van der Waals surface area contributed by atoms with E-state index < -0.39 is 21.6 Å². The van der Waals surface area contributed by atoms with Crippen LogP contribution in [0.25, 0.3) is 11.4 Å². The quantitative estimate of drug-likeness (QED) is 0.722. The molecule has 0 unspecified atom stereocenters. The second kappa shape index (κ2) is 5.35. The number of halogens is 6. The van der Waals surface area contributed by atoms with E-state index in [-0.39, 0.29) is 5.82 Å². The smallest absolute Gasteiger partial charge is 0.208 e. The Balaban J connectivity index is 2.64. The standard InChI is InChI=1S/C11H5Cl3F3N3/c12-10(13,14)8-18-7(6-4-2-1-3-5-6)19-9(20-8)11(15,16)17/h1-5H. The molecule has 0 radical (unpaired) electrons. The normalized spacial score (nSPS) is 12.5. The van der Waals surface area contributed by atoms with Crippen molar-refractivity contribution in [3.05, 3.63) is 42.0 Å². The summed E-state index contributed by atoms with van der Waals surface area (Å²) in [6.45, 7) is 0. The largest absolute Gasteiger partial charge is 0.451 e. The molecule has 1 aromatic heterocycles. The molecule has 3 nitrogen and oxygen atoms in total. The van der Waals surface area contributed by atoms with E-state index in [1.165, 1.54) is 12.1 Å². The molecule has 1 aromatic carbocycles. The molecule has 0 atom stereocenters. The number of hydrogen-bond acceptors (Lipinski definition) is 3. The fraction of sp³-hybridized carbons (Fsp3) is 0.182. The van der Waals surface area contributed by atoms with Crippen LogP contribution in [0, 0.1) is 0 Å². The van der Waals surface area contributed by atoms with Crippen LogP contribution in [0.3, 0.4) is 0 Å². The van der Waals surface area contributed by atoms with E-state index in [2.05, 4.69) is 15.0 Å². The maximum Gasteiger partial charge on any atom is 0.451 e. The molecule has 0 bridgehead atoms. The molecule has 0 spiro atoms. The van der Waals surface area contributed by atoms with Crippen LogP contribution in [-0.2, 0) is 9.97 Å². The van der Waals surface area contributed by atoms with Crippen LogP contribution < -0.4 is 0 Å². The highest BCUT2D eigenvalue weighted by atomic mass is 35.6. The van der Waals surface area contributed by atoms with Crippen LogP contribution >= 0.6 is 34.8 Å².